The van der Waals surface area contributed by atoms with Crippen molar-refractivity contribution in [1.29, 1.82) is 0 Å². The molecule has 4 rings (SSSR count). The first kappa shape index (κ1) is 20.9. The number of benzene rings is 2. The van der Waals surface area contributed by atoms with Crippen LogP contribution in [-0.4, -0.2) is 40.5 Å². The van der Waals surface area contributed by atoms with E-state index in [0.717, 1.165) is 17.8 Å². The molecule has 0 saturated carbocycles. The number of halogens is 3. The average molecular weight is 447 g/mol. The molecule has 3 N–H and O–H groups in total. The fourth-order valence-corrected chi connectivity index (χ4v) is 3.95. The maximum Gasteiger partial charge on any atom is 0.210 e. The van der Waals surface area contributed by atoms with Crippen LogP contribution in [0.3, 0.4) is 0 Å². The fourth-order valence-electron chi connectivity index (χ4n) is 3.01. The van der Waals surface area contributed by atoms with Crippen molar-refractivity contribution in [3.05, 3.63) is 78.1 Å². The molecule has 160 valence electrons. The molecule has 1 unspecified atom stereocenters. The van der Waals surface area contributed by atoms with Crippen LogP contribution in [0.15, 0.2) is 60.3 Å². The summed E-state index contributed by atoms with van der Waals surface area (Å²) >= 11 is 1.02. The third kappa shape index (κ3) is 4.39. The number of hydrogen-bond donors (Lipinski definition) is 2. The van der Waals surface area contributed by atoms with E-state index in [2.05, 4.69) is 20.3 Å². The fraction of sp³-hybridized carbons (Fsp3) is 0.158. The topological polar surface area (TPSA) is 108 Å². The zero-order valence-corrected chi connectivity index (χ0v) is 16.7. The van der Waals surface area contributed by atoms with E-state index in [4.69, 9.17) is 5.84 Å². The van der Waals surface area contributed by atoms with E-state index in [9.17, 15) is 18.3 Å². The number of nitrogens with two attached hydrogens (primary N) is 1. The van der Waals surface area contributed by atoms with Crippen LogP contribution in [0.5, 0.6) is 0 Å². The Morgan fingerprint density at radius 3 is 2.45 bits per heavy atom. The lowest BCUT2D eigenvalue weighted by Crippen LogP contribution is -2.35. The molecule has 0 saturated heterocycles. The monoisotopic (exact) mass is 447 g/mol. The van der Waals surface area contributed by atoms with Crippen LogP contribution in [0, 0.1) is 17.5 Å². The van der Waals surface area contributed by atoms with Crippen molar-refractivity contribution in [1.82, 2.24) is 29.6 Å². The maximum absolute atomic E-state index is 14.5. The Balaban J connectivity index is 1.61. The summed E-state index contributed by atoms with van der Waals surface area (Å²) in [4.78, 5) is 3.82. The number of nitrogen functional groups attached to an aromatic ring is 1. The van der Waals surface area contributed by atoms with Gasteiger partial charge in [-0.3, -0.25) is 0 Å². The zero-order chi connectivity index (χ0) is 22.0. The van der Waals surface area contributed by atoms with Crippen LogP contribution in [0.25, 0.3) is 11.4 Å². The molecule has 2 aromatic heterocycles. The van der Waals surface area contributed by atoms with E-state index >= 15 is 0 Å². The number of aliphatic hydroxyl groups is 1. The third-order valence-electron chi connectivity index (χ3n) is 4.53. The largest absolute Gasteiger partial charge is 0.382 e. The van der Waals surface area contributed by atoms with Crippen molar-refractivity contribution in [2.45, 2.75) is 17.3 Å². The second kappa shape index (κ2) is 8.40. The predicted octanol–water partition coefficient (Wildman–Crippen LogP) is 2.35. The second-order valence-corrected chi connectivity index (χ2v) is 7.66. The van der Waals surface area contributed by atoms with Crippen LogP contribution >= 0.6 is 11.8 Å². The van der Waals surface area contributed by atoms with E-state index in [-0.39, 0.29) is 28.8 Å². The minimum atomic E-state index is -1.79. The molecule has 1 atom stereocenters. The van der Waals surface area contributed by atoms with Crippen LogP contribution < -0.4 is 5.84 Å². The Morgan fingerprint density at radius 2 is 1.77 bits per heavy atom. The van der Waals surface area contributed by atoms with Crippen LogP contribution in [0.4, 0.5) is 13.2 Å². The van der Waals surface area contributed by atoms with Crippen molar-refractivity contribution in [3.63, 3.8) is 0 Å². The van der Waals surface area contributed by atoms with Crippen molar-refractivity contribution in [3.8, 4) is 11.4 Å². The highest BCUT2D eigenvalue weighted by molar-refractivity contribution is 7.99. The van der Waals surface area contributed by atoms with Gasteiger partial charge in [-0.05, 0) is 30.3 Å². The van der Waals surface area contributed by atoms with Gasteiger partial charge in [-0.25, -0.2) is 27.5 Å². The normalized spacial score (nSPS) is 13.3. The predicted molar refractivity (Wildman–Crippen MR) is 107 cm³/mol. The Hall–Kier alpha value is -3.38. The van der Waals surface area contributed by atoms with Crippen LogP contribution in [0.2, 0.25) is 0 Å². The summed E-state index contributed by atoms with van der Waals surface area (Å²) in [6.45, 7) is -0.147. The third-order valence-corrected chi connectivity index (χ3v) is 5.69. The molecule has 31 heavy (non-hydrogen) atoms. The molecule has 0 bridgehead atoms. The summed E-state index contributed by atoms with van der Waals surface area (Å²) in [5.74, 6) is 4.19. The molecule has 0 amide bonds. The smallest absolute Gasteiger partial charge is 0.210 e. The molecular formula is C19H16F3N7OS. The molecule has 4 aromatic rings. The van der Waals surface area contributed by atoms with Gasteiger partial charge in [0.2, 0.25) is 5.16 Å². The average Bonchev–Trinajstić information content (AvgIpc) is 3.36. The standard InChI is InChI=1S/C19H16F3N7OS/c20-13-3-1-12(2-4-13)17-26-27-18(29(17)23)31-9-19(30,8-28-11-24-10-25-28)15-6-5-14(21)7-16(15)22/h1-7,10-11,30H,8-9,23H2. The highest BCUT2D eigenvalue weighted by atomic mass is 32.2. The molecule has 0 spiro atoms. The number of thioether (sulfide) groups is 1. The summed E-state index contributed by atoms with van der Waals surface area (Å²) in [6.07, 6.45) is 2.65. The van der Waals surface area contributed by atoms with Crippen molar-refractivity contribution in [2.75, 3.05) is 11.6 Å². The first-order valence-electron chi connectivity index (χ1n) is 8.95. The molecule has 0 aliphatic heterocycles. The Labute approximate surface area is 178 Å². The molecular weight excluding hydrogens is 431 g/mol. The van der Waals surface area contributed by atoms with Gasteiger partial charge in [-0.15, -0.1) is 10.2 Å². The Morgan fingerprint density at radius 1 is 1.03 bits per heavy atom. The van der Waals surface area contributed by atoms with Gasteiger partial charge >= 0.3 is 0 Å². The second-order valence-electron chi connectivity index (χ2n) is 6.72. The van der Waals surface area contributed by atoms with Crippen LogP contribution in [0.1, 0.15) is 5.56 Å². The highest BCUT2D eigenvalue weighted by Gasteiger charge is 2.34. The summed E-state index contributed by atoms with van der Waals surface area (Å²) in [6, 6.07) is 8.49. The first-order valence-corrected chi connectivity index (χ1v) is 9.94. The van der Waals surface area contributed by atoms with Gasteiger partial charge in [0.1, 0.15) is 35.7 Å². The lowest BCUT2D eigenvalue weighted by Gasteiger charge is -2.28. The molecule has 2 aromatic carbocycles. The van der Waals surface area contributed by atoms with E-state index in [0.29, 0.717) is 11.6 Å². The summed E-state index contributed by atoms with van der Waals surface area (Å²) < 4.78 is 43.6. The van der Waals surface area contributed by atoms with Gasteiger partial charge in [0.05, 0.1) is 6.54 Å². The Bertz CT molecular complexity index is 1180. The van der Waals surface area contributed by atoms with Gasteiger partial charge < -0.3 is 10.9 Å². The van der Waals surface area contributed by atoms with Gasteiger partial charge in [-0.2, -0.15) is 5.10 Å². The minimum absolute atomic E-state index is 0.103. The summed E-state index contributed by atoms with van der Waals surface area (Å²) in [7, 11) is 0. The number of hydrogen-bond acceptors (Lipinski definition) is 7. The lowest BCUT2D eigenvalue weighted by atomic mass is 9.95. The molecule has 0 radical (unpaired) electrons. The van der Waals surface area contributed by atoms with Gasteiger partial charge in [-0.1, -0.05) is 17.8 Å². The first-order chi connectivity index (χ1) is 14.9. The van der Waals surface area contributed by atoms with E-state index in [1.54, 1.807) is 0 Å². The maximum atomic E-state index is 14.5. The van der Waals surface area contributed by atoms with Crippen molar-refractivity contribution >= 4 is 11.8 Å². The number of aromatic nitrogens is 6. The minimum Gasteiger partial charge on any atom is -0.382 e. The van der Waals surface area contributed by atoms with Crippen molar-refractivity contribution in [2.24, 2.45) is 0 Å². The SMILES string of the molecule is Nn1c(SCC(O)(Cn2cncn2)c2ccc(F)cc2F)nnc1-c1ccc(F)cc1. The van der Waals surface area contributed by atoms with Gasteiger partial charge in [0.25, 0.3) is 0 Å². The quantitative estimate of drug-likeness (QED) is 0.331. The van der Waals surface area contributed by atoms with E-state index in [1.165, 1.54) is 52.3 Å². The summed E-state index contributed by atoms with van der Waals surface area (Å²) in [5, 5.41) is 23.5. The molecule has 0 aliphatic rings. The zero-order valence-electron chi connectivity index (χ0n) is 15.9. The number of nitrogens with zero attached hydrogens (tertiary/aromatic N) is 6. The van der Waals surface area contributed by atoms with Gasteiger partial charge in [0, 0.05) is 22.9 Å². The molecule has 0 fully saturated rings. The van der Waals surface area contributed by atoms with E-state index in [1.807, 2.05) is 0 Å². The van der Waals surface area contributed by atoms with Crippen molar-refractivity contribution < 1.29 is 18.3 Å². The lowest BCUT2D eigenvalue weighted by molar-refractivity contribution is 0.0360. The van der Waals surface area contributed by atoms with Crippen LogP contribution in [-0.2, 0) is 12.1 Å². The number of rotatable bonds is 7. The van der Waals surface area contributed by atoms with Gasteiger partial charge in [0.15, 0.2) is 5.82 Å². The Kier molecular flexibility index (Phi) is 5.65. The molecule has 0 aliphatic carbocycles. The highest BCUT2D eigenvalue weighted by Crippen LogP contribution is 2.33. The molecule has 2 heterocycles. The molecule has 8 nitrogen and oxygen atoms in total. The summed E-state index contributed by atoms with van der Waals surface area (Å²) in [5.41, 5.74) is -1.36. The van der Waals surface area contributed by atoms with E-state index < -0.39 is 23.1 Å². The molecule has 12 heteroatoms.